The number of benzene rings is 10. The van der Waals surface area contributed by atoms with Crippen LogP contribution in [-0.4, -0.2) is 0 Å². The first-order chi connectivity index (χ1) is 27.8. The SMILES string of the molecule is c1ccc2c(c1)-c1ccccc1C21c2ccccc2-c2c(-c3ccc4cc(-c5ccc6c(c5)oc5c7ccccc7ccc65)ccc4c3)cc3ccccc3c21. The quantitative estimate of drug-likeness (QED) is 0.174. The van der Waals surface area contributed by atoms with Crippen molar-refractivity contribution in [2.75, 3.05) is 0 Å². The summed E-state index contributed by atoms with van der Waals surface area (Å²) in [5.41, 5.74) is 17.1. The van der Waals surface area contributed by atoms with E-state index in [-0.39, 0.29) is 0 Å². The number of hydrogen-bond donors (Lipinski definition) is 0. The molecule has 56 heavy (non-hydrogen) atoms. The van der Waals surface area contributed by atoms with Gasteiger partial charge in [0.15, 0.2) is 0 Å². The monoisotopic (exact) mass is 708 g/mol. The van der Waals surface area contributed by atoms with Crippen molar-refractivity contribution in [2.45, 2.75) is 5.41 Å². The van der Waals surface area contributed by atoms with Crippen LogP contribution in [0, 0.1) is 0 Å². The molecule has 1 heterocycles. The molecule has 0 saturated heterocycles. The van der Waals surface area contributed by atoms with Crippen molar-refractivity contribution in [3.05, 3.63) is 216 Å². The summed E-state index contributed by atoms with van der Waals surface area (Å²) in [7, 11) is 0. The van der Waals surface area contributed by atoms with Crippen LogP contribution in [0.15, 0.2) is 199 Å². The van der Waals surface area contributed by atoms with Crippen molar-refractivity contribution in [3.8, 4) is 44.5 Å². The number of fused-ring (bicyclic) bond motifs is 18. The molecule has 1 aromatic heterocycles. The van der Waals surface area contributed by atoms with Crippen LogP contribution in [0.1, 0.15) is 22.3 Å². The molecule has 0 N–H and O–H groups in total. The highest BCUT2D eigenvalue weighted by Crippen LogP contribution is 2.65. The van der Waals surface area contributed by atoms with Crippen LogP contribution in [-0.2, 0) is 5.41 Å². The van der Waals surface area contributed by atoms with Crippen molar-refractivity contribution in [3.63, 3.8) is 0 Å². The van der Waals surface area contributed by atoms with Gasteiger partial charge in [-0.05, 0) is 130 Å². The zero-order valence-electron chi connectivity index (χ0n) is 30.4. The molecule has 2 aliphatic rings. The predicted octanol–water partition coefficient (Wildman–Crippen LogP) is 14.7. The summed E-state index contributed by atoms with van der Waals surface area (Å²) in [6, 6.07) is 72.1. The highest BCUT2D eigenvalue weighted by Gasteiger charge is 2.52. The molecule has 13 rings (SSSR count). The van der Waals surface area contributed by atoms with E-state index in [0.29, 0.717) is 0 Å². The van der Waals surface area contributed by atoms with E-state index in [1.807, 2.05) is 0 Å². The first kappa shape index (κ1) is 30.1. The summed E-state index contributed by atoms with van der Waals surface area (Å²) in [6.45, 7) is 0. The Kier molecular flexibility index (Phi) is 5.89. The molecular weight excluding hydrogens is 677 g/mol. The lowest BCUT2D eigenvalue weighted by molar-refractivity contribution is 0.673. The molecule has 0 fully saturated rings. The molecule has 1 nitrogen and oxygen atoms in total. The summed E-state index contributed by atoms with van der Waals surface area (Å²) in [6.07, 6.45) is 0. The van der Waals surface area contributed by atoms with Gasteiger partial charge < -0.3 is 4.42 Å². The minimum atomic E-state index is -0.408. The van der Waals surface area contributed by atoms with Gasteiger partial charge in [-0.1, -0.05) is 158 Å². The normalized spacial score (nSPS) is 13.5. The highest BCUT2D eigenvalue weighted by atomic mass is 16.3. The van der Waals surface area contributed by atoms with Gasteiger partial charge in [-0.25, -0.2) is 0 Å². The van der Waals surface area contributed by atoms with Crippen LogP contribution in [0.5, 0.6) is 0 Å². The molecule has 0 radical (unpaired) electrons. The van der Waals surface area contributed by atoms with Crippen LogP contribution < -0.4 is 0 Å². The number of hydrogen-bond acceptors (Lipinski definition) is 1. The third kappa shape index (κ3) is 3.84. The second kappa shape index (κ2) is 10.9. The van der Waals surface area contributed by atoms with Gasteiger partial charge in [0, 0.05) is 16.2 Å². The molecule has 0 aliphatic heterocycles. The Balaban J connectivity index is 0.999. The Morgan fingerprint density at radius 2 is 0.857 bits per heavy atom. The van der Waals surface area contributed by atoms with E-state index in [9.17, 15) is 0 Å². The van der Waals surface area contributed by atoms with Gasteiger partial charge in [0.2, 0.25) is 0 Å². The maximum absolute atomic E-state index is 6.55. The Morgan fingerprint density at radius 1 is 0.321 bits per heavy atom. The lowest BCUT2D eigenvalue weighted by Crippen LogP contribution is -2.26. The number of furan rings is 1. The Hall–Kier alpha value is -7.22. The molecule has 1 spiro atoms. The molecule has 0 amide bonds. The standard InChI is InChI=1S/C55H32O/c1-4-14-41-33(11-1)25-28-45-44-27-26-37(32-51(44)56-54(41)45)35-21-22-36-30-39(24-23-34(36)29-35)47-31-38-12-2-3-13-40(38)53-52(47)46-17-7-10-20-50(46)55(53)48-18-8-5-15-42(48)43-16-6-9-19-49(43)55/h1-32H. The second-order valence-corrected chi connectivity index (χ2v) is 15.5. The van der Waals surface area contributed by atoms with Gasteiger partial charge in [0.05, 0.1) is 5.41 Å². The zero-order chi connectivity index (χ0) is 36.5. The summed E-state index contributed by atoms with van der Waals surface area (Å²) >= 11 is 0. The molecule has 1 heteroatoms. The van der Waals surface area contributed by atoms with E-state index in [1.54, 1.807) is 0 Å². The van der Waals surface area contributed by atoms with Crippen LogP contribution in [0.25, 0.3) is 98.8 Å². The molecule has 258 valence electrons. The highest BCUT2D eigenvalue weighted by molar-refractivity contribution is 6.15. The summed E-state index contributed by atoms with van der Waals surface area (Å²) in [5.74, 6) is 0. The number of rotatable bonds is 2. The minimum Gasteiger partial charge on any atom is -0.455 e. The van der Waals surface area contributed by atoms with E-state index in [4.69, 9.17) is 4.42 Å². The fourth-order valence-corrected chi connectivity index (χ4v) is 10.5. The average molecular weight is 709 g/mol. The van der Waals surface area contributed by atoms with E-state index in [0.717, 1.165) is 32.9 Å². The van der Waals surface area contributed by atoms with Crippen molar-refractivity contribution < 1.29 is 4.42 Å². The van der Waals surface area contributed by atoms with E-state index in [1.165, 1.54) is 88.1 Å². The van der Waals surface area contributed by atoms with Gasteiger partial charge >= 0.3 is 0 Å². The van der Waals surface area contributed by atoms with Crippen LogP contribution in [0.4, 0.5) is 0 Å². The van der Waals surface area contributed by atoms with Crippen molar-refractivity contribution in [2.24, 2.45) is 0 Å². The van der Waals surface area contributed by atoms with Crippen molar-refractivity contribution in [1.82, 2.24) is 0 Å². The third-order valence-electron chi connectivity index (χ3n) is 12.8. The van der Waals surface area contributed by atoms with Gasteiger partial charge in [-0.2, -0.15) is 0 Å². The first-order valence-corrected chi connectivity index (χ1v) is 19.5. The van der Waals surface area contributed by atoms with Gasteiger partial charge in [0.1, 0.15) is 11.2 Å². The van der Waals surface area contributed by atoms with Crippen LogP contribution in [0.2, 0.25) is 0 Å². The average Bonchev–Trinajstić information content (AvgIpc) is 3.90. The molecule has 0 atom stereocenters. The van der Waals surface area contributed by atoms with Crippen LogP contribution in [0.3, 0.4) is 0 Å². The summed E-state index contributed by atoms with van der Waals surface area (Å²) < 4.78 is 6.55. The topological polar surface area (TPSA) is 13.1 Å². The first-order valence-electron chi connectivity index (χ1n) is 19.5. The second-order valence-electron chi connectivity index (χ2n) is 15.5. The van der Waals surface area contributed by atoms with Gasteiger partial charge in [-0.3, -0.25) is 0 Å². The fourth-order valence-electron chi connectivity index (χ4n) is 10.5. The largest absolute Gasteiger partial charge is 0.455 e. The van der Waals surface area contributed by atoms with Crippen LogP contribution >= 0.6 is 0 Å². The van der Waals surface area contributed by atoms with Crippen molar-refractivity contribution >= 4 is 54.3 Å². The molecule has 0 bridgehead atoms. The smallest absolute Gasteiger partial charge is 0.143 e. The van der Waals surface area contributed by atoms with Gasteiger partial charge in [0.25, 0.3) is 0 Å². The van der Waals surface area contributed by atoms with Crippen molar-refractivity contribution in [1.29, 1.82) is 0 Å². The summed E-state index contributed by atoms with van der Waals surface area (Å²) in [4.78, 5) is 0. The molecule has 0 unspecified atom stereocenters. The lowest BCUT2D eigenvalue weighted by Gasteiger charge is -2.31. The third-order valence-corrected chi connectivity index (χ3v) is 12.8. The maximum Gasteiger partial charge on any atom is 0.143 e. The minimum absolute atomic E-state index is 0.408. The maximum atomic E-state index is 6.55. The van der Waals surface area contributed by atoms with E-state index in [2.05, 4.69) is 194 Å². The van der Waals surface area contributed by atoms with E-state index >= 15 is 0 Å². The van der Waals surface area contributed by atoms with E-state index < -0.39 is 5.41 Å². The Labute approximate surface area is 323 Å². The van der Waals surface area contributed by atoms with Gasteiger partial charge in [-0.15, -0.1) is 0 Å². The Morgan fingerprint density at radius 3 is 1.62 bits per heavy atom. The molecular formula is C55H32O. The zero-order valence-corrected chi connectivity index (χ0v) is 30.4. The molecule has 0 saturated carbocycles. The lowest BCUT2D eigenvalue weighted by atomic mass is 9.69. The molecule has 11 aromatic rings. The molecule has 10 aromatic carbocycles. The fraction of sp³-hybridized carbons (Fsp3) is 0.0182. The Bertz CT molecular complexity index is 3440. The predicted molar refractivity (Wildman–Crippen MR) is 233 cm³/mol. The molecule has 2 aliphatic carbocycles. The summed E-state index contributed by atoms with van der Waals surface area (Å²) in [5, 5.41) is 9.67.